The summed E-state index contributed by atoms with van der Waals surface area (Å²) >= 11 is 0. The summed E-state index contributed by atoms with van der Waals surface area (Å²) in [4.78, 5) is 4.04. The molecule has 0 unspecified atom stereocenters. The highest BCUT2D eigenvalue weighted by molar-refractivity contribution is 6.64. The number of aromatic nitrogens is 3. The van der Waals surface area contributed by atoms with Gasteiger partial charge < -0.3 is 9.31 Å². The van der Waals surface area contributed by atoms with Crippen molar-refractivity contribution in [2.75, 3.05) is 0 Å². The van der Waals surface area contributed by atoms with Crippen molar-refractivity contribution in [3.8, 4) is 16.8 Å². The van der Waals surface area contributed by atoms with Crippen LogP contribution in [0.4, 0.5) is 0 Å². The van der Waals surface area contributed by atoms with E-state index in [1.54, 1.807) is 11.0 Å². The Labute approximate surface area is 154 Å². The van der Waals surface area contributed by atoms with Crippen LogP contribution in [0.2, 0.25) is 0 Å². The van der Waals surface area contributed by atoms with E-state index in [2.05, 4.69) is 62.0 Å². The number of rotatable bonds is 3. The molecule has 0 amide bonds. The minimum absolute atomic E-state index is 0.394. The third-order valence-electron chi connectivity index (χ3n) is 5.31. The molecule has 2 heterocycles. The molecular weight excluding hydrogens is 325 g/mol. The quantitative estimate of drug-likeness (QED) is 0.683. The van der Waals surface area contributed by atoms with Crippen molar-refractivity contribution in [3.63, 3.8) is 0 Å². The van der Waals surface area contributed by atoms with E-state index in [0.717, 1.165) is 22.3 Å². The Morgan fingerprint density at radius 2 is 1.62 bits per heavy atom. The first kappa shape index (κ1) is 17.0. The average Bonchev–Trinajstić information content (AvgIpc) is 3.22. The molecule has 2 aromatic carbocycles. The fourth-order valence-corrected chi connectivity index (χ4v) is 3.08. The lowest BCUT2D eigenvalue weighted by Crippen LogP contribution is -2.41. The van der Waals surface area contributed by atoms with Crippen LogP contribution in [0, 0.1) is 0 Å². The topological polar surface area (TPSA) is 49.2 Å². The molecule has 5 nitrogen and oxygen atoms in total. The molecular formula is C20H22BN3O2. The molecule has 4 rings (SSSR count). The molecule has 0 bridgehead atoms. The Bertz CT molecular complexity index is 892. The Balaban J connectivity index is 1.84. The highest BCUT2D eigenvalue weighted by atomic mass is 16.7. The Morgan fingerprint density at radius 3 is 2.23 bits per heavy atom. The molecule has 1 aliphatic rings. The molecule has 1 aliphatic heterocycles. The van der Waals surface area contributed by atoms with Gasteiger partial charge in [-0.05, 0) is 56.4 Å². The minimum atomic E-state index is -0.446. The van der Waals surface area contributed by atoms with Crippen LogP contribution in [0.25, 0.3) is 16.8 Å². The Kier molecular flexibility index (Phi) is 3.97. The molecule has 0 radical (unpaired) electrons. The second-order valence-corrected chi connectivity index (χ2v) is 7.57. The smallest absolute Gasteiger partial charge is 0.399 e. The molecule has 3 aromatic rings. The van der Waals surface area contributed by atoms with E-state index < -0.39 is 18.3 Å². The van der Waals surface area contributed by atoms with E-state index in [-0.39, 0.29) is 0 Å². The van der Waals surface area contributed by atoms with E-state index >= 15 is 0 Å². The highest BCUT2D eigenvalue weighted by Crippen LogP contribution is 2.37. The molecule has 132 valence electrons. The summed E-state index contributed by atoms with van der Waals surface area (Å²) in [6.45, 7) is 8.26. The lowest BCUT2D eigenvalue weighted by atomic mass is 9.74. The fraction of sp³-hybridized carbons (Fsp3) is 0.300. The zero-order valence-corrected chi connectivity index (χ0v) is 15.5. The number of nitrogens with zero attached hydrogens (tertiary/aromatic N) is 3. The van der Waals surface area contributed by atoms with Gasteiger partial charge in [-0.25, -0.2) is 9.67 Å². The van der Waals surface area contributed by atoms with Crippen LogP contribution in [0.3, 0.4) is 0 Å². The van der Waals surface area contributed by atoms with Crippen LogP contribution in [0.1, 0.15) is 27.7 Å². The van der Waals surface area contributed by atoms with Gasteiger partial charge in [-0.1, -0.05) is 36.4 Å². The van der Waals surface area contributed by atoms with Crippen molar-refractivity contribution in [1.82, 2.24) is 14.8 Å². The van der Waals surface area contributed by atoms with Gasteiger partial charge in [0.2, 0.25) is 0 Å². The fourth-order valence-electron chi connectivity index (χ4n) is 3.08. The molecule has 0 atom stereocenters. The summed E-state index contributed by atoms with van der Waals surface area (Å²) in [7, 11) is -0.446. The number of hydrogen-bond acceptors (Lipinski definition) is 4. The zero-order chi connectivity index (χ0) is 18.4. The van der Waals surface area contributed by atoms with Gasteiger partial charge >= 0.3 is 7.12 Å². The van der Waals surface area contributed by atoms with Crippen LogP contribution in [0.15, 0.2) is 61.2 Å². The maximum Gasteiger partial charge on any atom is 0.495 e. The van der Waals surface area contributed by atoms with Gasteiger partial charge in [-0.2, -0.15) is 5.10 Å². The van der Waals surface area contributed by atoms with Crippen LogP contribution >= 0.6 is 0 Å². The Morgan fingerprint density at radius 1 is 0.923 bits per heavy atom. The van der Waals surface area contributed by atoms with E-state index in [0.29, 0.717) is 0 Å². The summed E-state index contributed by atoms with van der Waals surface area (Å²) in [5.41, 5.74) is 3.34. The van der Waals surface area contributed by atoms with Gasteiger partial charge in [-0.15, -0.1) is 0 Å². The largest absolute Gasteiger partial charge is 0.495 e. The van der Waals surface area contributed by atoms with Crippen molar-refractivity contribution < 1.29 is 9.31 Å². The lowest BCUT2D eigenvalue weighted by Gasteiger charge is -2.32. The second-order valence-electron chi connectivity index (χ2n) is 7.57. The van der Waals surface area contributed by atoms with Gasteiger partial charge in [0.25, 0.3) is 0 Å². The van der Waals surface area contributed by atoms with Crippen LogP contribution in [0.5, 0.6) is 0 Å². The molecule has 1 saturated heterocycles. The molecule has 0 aliphatic carbocycles. The SMILES string of the molecule is CC1(C)OB(c2cc(-n3cncn3)ccc2-c2ccccc2)OC1(C)C. The standard InChI is InChI=1S/C20H22BN3O2/c1-19(2)20(3,4)26-21(25-19)18-12-16(24-14-22-13-23-24)10-11-17(18)15-8-6-5-7-9-15/h5-14H,1-4H3. The molecule has 26 heavy (non-hydrogen) atoms. The van der Waals surface area contributed by atoms with Gasteiger partial charge in [-0.3, -0.25) is 0 Å². The van der Waals surface area contributed by atoms with Crippen LogP contribution < -0.4 is 5.46 Å². The predicted octanol–water partition coefficient (Wildman–Crippen LogP) is 3.23. The van der Waals surface area contributed by atoms with E-state index in [1.807, 2.05) is 24.3 Å². The maximum absolute atomic E-state index is 6.32. The summed E-state index contributed by atoms with van der Waals surface area (Å²) < 4.78 is 14.4. The van der Waals surface area contributed by atoms with E-state index in [9.17, 15) is 0 Å². The normalized spacial score (nSPS) is 18.2. The van der Waals surface area contributed by atoms with Crippen molar-refractivity contribution in [3.05, 3.63) is 61.2 Å². The van der Waals surface area contributed by atoms with Gasteiger partial charge in [0.15, 0.2) is 0 Å². The first-order valence-electron chi connectivity index (χ1n) is 8.77. The monoisotopic (exact) mass is 347 g/mol. The van der Waals surface area contributed by atoms with E-state index in [4.69, 9.17) is 9.31 Å². The zero-order valence-electron chi connectivity index (χ0n) is 15.5. The predicted molar refractivity (Wildman–Crippen MR) is 103 cm³/mol. The van der Waals surface area contributed by atoms with Crippen molar-refractivity contribution in [2.45, 2.75) is 38.9 Å². The first-order valence-corrected chi connectivity index (χ1v) is 8.77. The second kappa shape index (κ2) is 6.07. The van der Waals surface area contributed by atoms with Gasteiger partial charge in [0.05, 0.1) is 16.9 Å². The summed E-state index contributed by atoms with van der Waals surface area (Å²) in [6, 6.07) is 16.5. The lowest BCUT2D eigenvalue weighted by molar-refractivity contribution is 0.00578. The van der Waals surface area contributed by atoms with Crippen molar-refractivity contribution >= 4 is 12.6 Å². The third-order valence-corrected chi connectivity index (χ3v) is 5.31. The third kappa shape index (κ3) is 2.85. The number of benzene rings is 2. The molecule has 0 spiro atoms. The van der Waals surface area contributed by atoms with Crippen molar-refractivity contribution in [2.24, 2.45) is 0 Å². The minimum Gasteiger partial charge on any atom is -0.399 e. The molecule has 6 heteroatoms. The molecule has 0 N–H and O–H groups in total. The molecule has 1 aromatic heterocycles. The highest BCUT2D eigenvalue weighted by Gasteiger charge is 2.52. The molecule has 0 saturated carbocycles. The van der Waals surface area contributed by atoms with Gasteiger partial charge in [0, 0.05) is 0 Å². The number of hydrogen-bond donors (Lipinski definition) is 0. The average molecular weight is 347 g/mol. The summed E-state index contributed by atoms with van der Waals surface area (Å²) in [6.07, 6.45) is 3.21. The van der Waals surface area contributed by atoms with Crippen molar-refractivity contribution in [1.29, 1.82) is 0 Å². The first-order chi connectivity index (χ1) is 12.4. The summed E-state index contributed by atoms with van der Waals surface area (Å²) in [5.74, 6) is 0. The molecule has 1 fully saturated rings. The Hall–Kier alpha value is -2.44. The van der Waals surface area contributed by atoms with Gasteiger partial charge in [0.1, 0.15) is 12.7 Å². The maximum atomic E-state index is 6.32. The van der Waals surface area contributed by atoms with Crippen LogP contribution in [-0.2, 0) is 9.31 Å². The van der Waals surface area contributed by atoms with E-state index in [1.165, 1.54) is 6.33 Å². The summed E-state index contributed by atoms with van der Waals surface area (Å²) in [5, 5.41) is 4.24. The van der Waals surface area contributed by atoms with Crippen LogP contribution in [-0.4, -0.2) is 33.1 Å².